The highest BCUT2D eigenvalue weighted by molar-refractivity contribution is 7.89. The van der Waals surface area contributed by atoms with Crippen LogP contribution in [0.4, 0.5) is 10.1 Å². The molecule has 1 aromatic heterocycles. The van der Waals surface area contributed by atoms with Gasteiger partial charge in [0.1, 0.15) is 11.5 Å². The maximum absolute atomic E-state index is 14.0. The second kappa shape index (κ2) is 9.37. The molecule has 0 aliphatic carbocycles. The van der Waals surface area contributed by atoms with Crippen LogP contribution in [0.3, 0.4) is 0 Å². The molecule has 11 heteroatoms. The zero-order valence-electron chi connectivity index (χ0n) is 17.4. The van der Waals surface area contributed by atoms with E-state index in [0.29, 0.717) is 12.8 Å². The van der Waals surface area contributed by atoms with Gasteiger partial charge < -0.3 is 14.7 Å². The van der Waals surface area contributed by atoms with Crippen molar-refractivity contribution < 1.29 is 22.1 Å². The minimum atomic E-state index is -3.95. The van der Waals surface area contributed by atoms with Gasteiger partial charge in [-0.2, -0.15) is 4.31 Å². The second-order valence-corrected chi connectivity index (χ2v) is 9.87. The van der Waals surface area contributed by atoms with Crippen molar-refractivity contribution >= 4 is 39.3 Å². The van der Waals surface area contributed by atoms with E-state index in [9.17, 15) is 17.6 Å². The number of aromatic nitrogens is 1. The average molecular weight is 471 g/mol. The summed E-state index contributed by atoms with van der Waals surface area (Å²) in [4.78, 5) is 14.4. The Kier molecular flexibility index (Phi) is 7.03. The van der Waals surface area contributed by atoms with Gasteiger partial charge in [0.2, 0.25) is 15.9 Å². The summed E-state index contributed by atoms with van der Waals surface area (Å²) in [6, 6.07) is 3.94. The van der Waals surface area contributed by atoms with Gasteiger partial charge in [-0.25, -0.2) is 12.8 Å². The maximum atomic E-state index is 14.0. The van der Waals surface area contributed by atoms with Gasteiger partial charge in [-0.3, -0.25) is 4.79 Å². The molecule has 3 rings (SSSR count). The first-order valence-electron chi connectivity index (χ1n) is 9.66. The summed E-state index contributed by atoms with van der Waals surface area (Å²) >= 11 is 5.74. The number of piperidine rings is 1. The van der Waals surface area contributed by atoms with E-state index in [1.54, 1.807) is 32.1 Å². The van der Waals surface area contributed by atoms with E-state index in [1.165, 1.54) is 22.5 Å². The number of anilines is 1. The molecule has 1 aromatic carbocycles. The number of aryl methyl sites for hydroxylation is 1. The number of carbonyl (C=O) groups is 1. The Balaban J connectivity index is 1.80. The minimum absolute atomic E-state index is 0.000341. The van der Waals surface area contributed by atoms with Crippen LogP contribution in [-0.4, -0.2) is 55.9 Å². The van der Waals surface area contributed by atoms with Crippen LogP contribution in [-0.2, 0) is 14.8 Å². The van der Waals surface area contributed by atoms with E-state index >= 15 is 0 Å². The van der Waals surface area contributed by atoms with E-state index in [0.717, 1.165) is 6.07 Å². The first-order chi connectivity index (χ1) is 14.6. The molecule has 0 saturated carbocycles. The Labute approximate surface area is 185 Å². The van der Waals surface area contributed by atoms with Crippen LogP contribution in [0.1, 0.15) is 24.3 Å². The lowest BCUT2D eigenvalue weighted by molar-refractivity contribution is -0.120. The largest absolute Gasteiger partial charge is 0.383 e. The predicted octanol–water partition coefficient (Wildman–Crippen LogP) is 3.35. The fourth-order valence-corrected chi connectivity index (χ4v) is 5.28. The molecule has 8 nitrogen and oxygen atoms in total. The SMILES string of the molecule is Cc1noc(C=CN(C)C)c1S(=O)(=O)N1CCCC(C(=O)Nc2ccc(Cl)cc2F)C1. The van der Waals surface area contributed by atoms with Crippen LogP contribution >= 0.6 is 11.6 Å². The third-order valence-corrected chi connectivity index (χ3v) is 7.16. The van der Waals surface area contributed by atoms with Crippen LogP contribution in [0.15, 0.2) is 33.8 Å². The van der Waals surface area contributed by atoms with Gasteiger partial charge in [0.25, 0.3) is 0 Å². The molecule has 1 fully saturated rings. The van der Waals surface area contributed by atoms with Crippen molar-refractivity contribution in [3.63, 3.8) is 0 Å². The molecule has 0 radical (unpaired) electrons. The standard InChI is InChI=1S/C20H24ClFN4O4S/c1-13-19(18(30-24-13)8-10-25(2)3)31(28,29)26-9-4-5-14(12-26)20(27)23-17-7-6-15(21)11-16(17)22/h6-8,10-11,14H,4-5,9,12H2,1-3H3,(H,23,27). The first-order valence-corrected chi connectivity index (χ1v) is 11.5. The number of sulfonamides is 1. The Hall–Kier alpha value is -2.43. The lowest BCUT2D eigenvalue weighted by Crippen LogP contribution is -2.44. The number of hydrogen-bond donors (Lipinski definition) is 1. The van der Waals surface area contributed by atoms with Gasteiger partial charge in [0.05, 0.1) is 11.6 Å². The van der Waals surface area contributed by atoms with Crippen molar-refractivity contribution in [1.29, 1.82) is 0 Å². The summed E-state index contributed by atoms with van der Waals surface area (Å²) in [6.45, 7) is 1.80. The van der Waals surface area contributed by atoms with E-state index in [4.69, 9.17) is 16.1 Å². The number of rotatable bonds is 6. The number of hydrogen-bond acceptors (Lipinski definition) is 6. The summed E-state index contributed by atoms with van der Waals surface area (Å²) < 4.78 is 47.1. The number of benzene rings is 1. The summed E-state index contributed by atoms with van der Waals surface area (Å²) in [5, 5.41) is 6.54. The summed E-state index contributed by atoms with van der Waals surface area (Å²) in [5.41, 5.74) is 0.244. The molecular formula is C20H24ClFN4O4S. The lowest BCUT2D eigenvalue weighted by Gasteiger charge is -2.31. The van der Waals surface area contributed by atoms with Gasteiger partial charge in [-0.05, 0) is 38.0 Å². The van der Waals surface area contributed by atoms with Gasteiger partial charge in [-0.15, -0.1) is 0 Å². The first kappa shape index (κ1) is 23.2. The van der Waals surface area contributed by atoms with Crippen molar-refractivity contribution in [3.05, 3.63) is 46.7 Å². The number of carbonyl (C=O) groups excluding carboxylic acids is 1. The van der Waals surface area contributed by atoms with Crippen LogP contribution in [0.2, 0.25) is 5.02 Å². The number of nitrogens with one attached hydrogen (secondary N) is 1. The highest BCUT2D eigenvalue weighted by Gasteiger charge is 2.37. The van der Waals surface area contributed by atoms with E-state index in [1.807, 2.05) is 0 Å². The second-order valence-electron chi connectivity index (χ2n) is 7.56. The molecule has 0 bridgehead atoms. The third kappa shape index (κ3) is 5.25. The normalized spacial score (nSPS) is 17.8. The number of halogens is 2. The van der Waals surface area contributed by atoms with Crippen molar-refractivity contribution in [2.45, 2.75) is 24.7 Å². The highest BCUT2D eigenvalue weighted by Crippen LogP contribution is 2.29. The molecule has 1 aliphatic rings. The average Bonchev–Trinajstić information content (AvgIpc) is 3.09. The molecular weight excluding hydrogens is 447 g/mol. The molecule has 168 valence electrons. The molecule has 1 N–H and O–H groups in total. The number of amides is 1. The molecule has 1 amide bonds. The fourth-order valence-electron chi connectivity index (χ4n) is 3.34. The summed E-state index contributed by atoms with van der Waals surface area (Å²) in [6.07, 6.45) is 4.17. The van der Waals surface area contributed by atoms with Crippen molar-refractivity contribution in [2.75, 3.05) is 32.5 Å². The monoisotopic (exact) mass is 470 g/mol. The molecule has 1 saturated heterocycles. The van der Waals surface area contributed by atoms with Crippen LogP contribution in [0, 0.1) is 18.7 Å². The molecule has 1 atom stereocenters. The van der Waals surface area contributed by atoms with Crippen LogP contribution in [0.5, 0.6) is 0 Å². The summed E-state index contributed by atoms with van der Waals surface area (Å²) in [5.74, 6) is -1.60. The Morgan fingerprint density at radius 3 is 2.84 bits per heavy atom. The Bertz CT molecular complexity index is 1100. The topological polar surface area (TPSA) is 95.8 Å². The minimum Gasteiger partial charge on any atom is -0.383 e. The van der Waals surface area contributed by atoms with Crippen molar-refractivity contribution in [2.24, 2.45) is 5.92 Å². The van der Waals surface area contributed by atoms with Gasteiger partial charge >= 0.3 is 0 Å². The quantitative estimate of drug-likeness (QED) is 0.695. The van der Waals surface area contributed by atoms with Gasteiger partial charge in [-0.1, -0.05) is 16.8 Å². The van der Waals surface area contributed by atoms with E-state index in [2.05, 4.69) is 10.5 Å². The molecule has 2 aromatic rings. The zero-order valence-corrected chi connectivity index (χ0v) is 19.0. The van der Waals surface area contributed by atoms with E-state index < -0.39 is 27.7 Å². The molecule has 1 unspecified atom stereocenters. The molecule has 0 spiro atoms. The predicted molar refractivity (Wildman–Crippen MR) is 115 cm³/mol. The van der Waals surface area contributed by atoms with Crippen LogP contribution < -0.4 is 5.32 Å². The van der Waals surface area contributed by atoms with Gasteiger partial charge in [0, 0.05) is 44.5 Å². The smallest absolute Gasteiger partial charge is 0.248 e. The van der Waals surface area contributed by atoms with Gasteiger partial charge in [0.15, 0.2) is 10.7 Å². The highest BCUT2D eigenvalue weighted by atomic mass is 35.5. The fraction of sp³-hybridized carbons (Fsp3) is 0.400. The lowest BCUT2D eigenvalue weighted by atomic mass is 9.98. The van der Waals surface area contributed by atoms with Crippen molar-refractivity contribution in [3.8, 4) is 0 Å². The third-order valence-electron chi connectivity index (χ3n) is 4.90. The molecule has 31 heavy (non-hydrogen) atoms. The van der Waals surface area contributed by atoms with Crippen LogP contribution in [0.25, 0.3) is 6.08 Å². The summed E-state index contributed by atoms with van der Waals surface area (Å²) in [7, 11) is -0.351. The van der Waals surface area contributed by atoms with E-state index in [-0.39, 0.29) is 40.1 Å². The zero-order chi connectivity index (χ0) is 22.8. The maximum Gasteiger partial charge on any atom is 0.248 e. The van der Waals surface area contributed by atoms with Crippen molar-refractivity contribution in [1.82, 2.24) is 14.4 Å². The molecule has 1 aliphatic heterocycles. The molecule has 2 heterocycles. The Morgan fingerprint density at radius 1 is 1.42 bits per heavy atom. The Morgan fingerprint density at radius 2 is 2.16 bits per heavy atom. The number of nitrogens with zero attached hydrogens (tertiary/aromatic N) is 3.